The van der Waals surface area contributed by atoms with Gasteiger partial charge in [-0.05, 0) is 74.3 Å². The van der Waals surface area contributed by atoms with Crippen molar-refractivity contribution in [1.82, 2.24) is 0 Å². The summed E-state index contributed by atoms with van der Waals surface area (Å²) in [7, 11) is 0. The molecule has 0 saturated heterocycles. The lowest BCUT2D eigenvalue weighted by Crippen LogP contribution is -2.27. The van der Waals surface area contributed by atoms with Gasteiger partial charge in [-0.15, -0.1) is 0 Å². The predicted molar refractivity (Wildman–Crippen MR) is 129 cm³/mol. The van der Waals surface area contributed by atoms with E-state index in [0.717, 1.165) is 36.7 Å². The molecule has 196 valence electrons. The zero-order valence-corrected chi connectivity index (χ0v) is 20.7. The third-order valence-electron chi connectivity index (χ3n) is 7.96. The van der Waals surface area contributed by atoms with E-state index in [1.165, 1.54) is 63.5 Å². The summed E-state index contributed by atoms with van der Waals surface area (Å²) < 4.78 is 64.9. The average Bonchev–Trinajstić information content (AvgIpc) is 2.87. The van der Waals surface area contributed by atoms with Gasteiger partial charge in [-0.3, -0.25) is 0 Å². The molecule has 0 aromatic heterocycles. The minimum Gasteiger partial charge on any atom is -0.493 e. The van der Waals surface area contributed by atoms with Crippen LogP contribution in [0.4, 0.5) is 17.6 Å². The highest BCUT2D eigenvalue weighted by Gasteiger charge is 2.31. The number of rotatable bonds is 8. The Morgan fingerprint density at radius 2 is 1.33 bits per heavy atom. The summed E-state index contributed by atoms with van der Waals surface area (Å²) in [5.41, 5.74) is -0.415. The van der Waals surface area contributed by atoms with Crippen LogP contribution in [0.15, 0.2) is 30.3 Å². The third kappa shape index (κ3) is 6.60. The fourth-order valence-electron chi connectivity index (χ4n) is 5.90. The van der Waals surface area contributed by atoms with Crippen LogP contribution in [0.2, 0.25) is 0 Å². The van der Waals surface area contributed by atoms with E-state index < -0.39 is 40.6 Å². The molecule has 2 fully saturated rings. The number of ether oxygens (including phenoxy) is 2. The van der Waals surface area contributed by atoms with Gasteiger partial charge in [0.05, 0.1) is 12.2 Å². The van der Waals surface area contributed by atoms with E-state index in [-0.39, 0.29) is 0 Å². The van der Waals surface area contributed by atoms with Crippen LogP contribution in [0.5, 0.6) is 11.5 Å². The molecule has 0 N–H and O–H groups in total. The number of carbonyl (C=O) groups excluding carboxylic acids is 1. The molecule has 0 heterocycles. The van der Waals surface area contributed by atoms with Gasteiger partial charge in [0.2, 0.25) is 0 Å². The Bertz CT molecular complexity index is 1020. The van der Waals surface area contributed by atoms with Gasteiger partial charge >= 0.3 is 5.97 Å². The van der Waals surface area contributed by atoms with Crippen molar-refractivity contribution < 1.29 is 31.8 Å². The summed E-state index contributed by atoms with van der Waals surface area (Å²) in [6.07, 6.45) is 12.8. The molecule has 0 aliphatic heterocycles. The molecule has 2 aliphatic carbocycles. The second-order valence-electron chi connectivity index (χ2n) is 10.4. The van der Waals surface area contributed by atoms with Gasteiger partial charge < -0.3 is 9.47 Å². The lowest BCUT2D eigenvalue weighted by atomic mass is 9.69. The van der Waals surface area contributed by atoms with Crippen LogP contribution in [0.25, 0.3) is 0 Å². The average molecular weight is 507 g/mol. The van der Waals surface area contributed by atoms with Gasteiger partial charge in [0.15, 0.2) is 17.5 Å². The Hall–Kier alpha value is -2.57. The van der Waals surface area contributed by atoms with Crippen molar-refractivity contribution >= 4 is 5.97 Å². The molecular formula is C29H34F4O3. The molecule has 2 aromatic rings. The van der Waals surface area contributed by atoms with Crippen molar-refractivity contribution in [3.63, 3.8) is 0 Å². The van der Waals surface area contributed by atoms with Crippen LogP contribution in [0, 0.1) is 46.9 Å². The number of hydrogen-bond donors (Lipinski definition) is 0. The van der Waals surface area contributed by atoms with Crippen LogP contribution in [0.1, 0.15) is 81.5 Å². The van der Waals surface area contributed by atoms with Crippen molar-refractivity contribution in [1.29, 1.82) is 0 Å². The van der Waals surface area contributed by atoms with Crippen molar-refractivity contribution in [2.45, 2.75) is 71.1 Å². The molecule has 0 amide bonds. The van der Waals surface area contributed by atoms with E-state index >= 15 is 0 Å². The molecule has 4 rings (SSSR count). The molecule has 2 aliphatic rings. The standard InChI is InChI=1S/C29H34F4O3/c1-2-3-18-4-8-20(9-5-18)21-10-6-19(7-11-21)17-35-22-12-13-24(25(30)14-22)29(34)36-23-15-26(31)28(33)27(32)16-23/h12-16,18-21H,2-11,17H2,1H3/t18-,19-,20-,21-. The summed E-state index contributed by atoms with van der Waals surface area (Å²) in [5.74, 6) is -3.92. The fourth-order valence-corrected chi connectivity index (χ4v) is 5.90. The Labute approximate surface area is 210 Å². The van der Waals surface area contributed by atoms with E-state index in [9.17, 15) is 22.4 Å². The van der Waals surface area contributed by atoms with Crippen LogP contribution in [0.3, 0.4) is 0 Å². The lowest BCUT2D eigenvalue weighted by molar-refractivity contribution is 0.0728. The van der Waals surface area contributed by atoms with E-state index in [0.29, 0.717) is 30.4 Å². The fraction of sp³-hybridized carbons (Fsp3) is 0.552. The topological polar surface area (TPSA) is 35.5 Å². The molecule has 0 spiro atoms. The Morgan fingerprint density at radius 1 is 0.778 bits per heavy atom. The second kappa shape index (κ2) is 12.1. The summed E-state index contributed by atoms with van der Waals surface area (Å²) in [5, 5.41) is 0. The molecule has 36 heavy (non-hydrogen) atoms. The van der Waals surface area contributed by atoms with E-state index in [2.05, 4.69) is 6.92 Å². The van der Waals surface area contributed by atoms with Crippen LogP contribution in [-0.2, 0) is 0 Å². The van der Waals surface area contributed by atoms with E-state index in [4.69, 9.17) is 9.47 Å². The zero-order valence-electron chi connectivity index (χ0n) is 20.7. The molecule has 0 bridgehead atoms. The normalized spacial score (nSPS) is 24.4. The summed E-state index contributed by atoms with van der Waals surface area (Å²) >= 11 is 0. The van der Waals surface area contributed by atoms with Crippen LogP contribution >= 0.6 is 0 Å². The van der Waals surface area contributed by atoms with Gasteiger partial charge in [0.1, 0.15) is 17.3 Å². The molecule has 2 aromatic carbocycles. The van der Waals surface area contributed by atoms with Crippen molar-refractivity contribution in [2.75, 3.05) is 6.61 Å². The number of benzene rings is 2. The Balaban J connectivity index is 1.24. The van der Waals surface area contributed by atoms with Gasteiger partial charge in [0.25, 0.3) is 0 Å². The number of esters is 1. The highest BCUT2D eigenvalue weighted by Crippen LogP contribution is 2.42. The minimum atomic E-state index is -1.68. The van der Waals surface area contributed by atoms with Crippen molar-refractivity contribution in [3.05, 3.63) is 59.2 Å². The van der Waals surface area contributed by atoms with Crippen molar-refractivity contribution in [3.8, 4) is 11.5 Å². The molecule has 0 radical (unpaired) electrons. The monoisotopic (exact) mass is 506 g/mol. The molecular weight excluding hydrogens is 472 g/mol. The van der Waals surface area contributed by atoms with Crippen molar-refractivity contribution in [2.24, 2.45) is 23.7 Å². The first-order valence-electron chi connectivity index (χ1n) is 13.1. The van der Waals surface area contributed by atoms with E-state index in [1.807, 2.05) is 0 Å². The molecule has 7 heteroatoms. The number of hydrogen-bond acceptors (Lipinski definition) is 3. The summed E-state index contributed by atoms with van der Waals surface area (Å²) in [6.45, 7) is 2.77. The smallest absolute Gasteiger partial charge is 0.346 e. The molecule has 0 atom stereocenters. The molecule has 3 nitrogen and oxygen atoms in total. The molecule has 0 unspecified atom stereocenters. The summed E-state index contributed by atoms with van der Waals surface area (Å²) in [6, 6.07) is 4.82. The SMILES string of the molecule is CCC[C@H]1CC[C@H]([C@H]2CC[C@H](COc3ccc(C(=O)Oc4cc(F)c(F)c(F)c4)c(F)c3)CC2)CC1. The van der Waals surface area contributed by atoms with Gasteiger partial charge in [-0.2, -0.15) is 0 Å². The summed E-state index contributed by atoms with van der Waals surface area (Å²) in [4.78, 5) is 12.2. The van der Waals surface area contributed by atoms with Crippen LogP contribution in [-0.4, -0.2) is 12.6 Å². The predicted octanol–water partition coefficient (Wildman–Crippen LogP) is 8.25. The quantitative estimate of drug-likeness (QED) is 0.156. The first-order valence-corrected chi connectivity index (χ1v) is 13.1. The number of halogens is 4. The van der Waals surface area contributed by atoms with Crippen LogP contribution < -0.4 is 9.47 Å². The Kier molecular flexibility index (Phi) is 8.91. The third-order valence-corrected chi connectivity index (χ3v) is 7.96. The van der Waals surface area contributed by atoms with E-state index in [1.54, 1.807) is 0 Å². The maximum absolute atomic E-state index is 14.5. The van der Waals surface area contributed by atoms with Gasteiger partial charge in [-0.25, -0.2) is 22.4 Å². The highest BCUT2D eigenvalue weighted by molar-refractivity contribution is 5.91. The largest absolute Gasteiger partial charge is 0.493 e. The number of carbonyl (C=O) groups is 1. The maximum atomic E-state index is 14.5. The minimum absolute atomic E-state index is 0.305. The maximum Gasteiger partial charge on any atom is 0.346 e. The second-order valence-corrected chi connectivity index (χ2v) is 10.4. The zero-order chi connectivity index (χ0) is 25.7. The first-order chi connectivity index (χ1) is 17.3. The van der Waals surface area contributed by atoms with Gasteiger partial charge in [0, 0.05) is 18.2 Å². The first kappa shape index (κ1) is 26.5. The van der Waals surface area contributed by atoms with Gasteiger partial charge in [-0.1, -0.05) is 32.6 Å². The molecule has 2 saturated carbocycles. The Morgan fingerprint density at radius 3 is 1.89 bits per heavy atom. The highest BCUT2D eigenvalue weighted by atomic mass is 19.2. The lowest BCUT2D eigenvalue weighted by Gasteiger charge is -2.37.